The van der Waals surface area contributed by atoms with E-state index in [4.69, 9.17) is 15.2 Å². The Bertz CT molecular complexity index is 436. The number of aromatic nitrogens is 1. The fourth-order valence-electron chi connectivity index (χ4n) is 1.99. The van der Waals surface area contributed by atoms with Crippen molar-refractivity contribution in [2.24, 2.45) is 0 Å². The zero-order valence-corrected chi connectivity index (χ0v) is 12.9. The zero-order chi connectivity index (χ0) is 14.4. The van der Waals surface area contributed by atoms with E-state index in [9.17, 15) is 4.79 Å². The zero-order valence-electron chi connectivity index (χ0n) is 12.1. The number of nitrogens with zero attached hydrogens (tertiary/aromatic N) is 1. The highest BCUT2D eigenvalue weighted by atomic mass is 35.5. The van der Waals surface area contributed by atoms with Crippen LogP contribution in [0, 0.1) is 0 Å². The minimum absolute atomic E-state index is 0. The molecule has 6 nitrogen and oxygen atoms in total. The van der Waals surface area contributed by atoms with Gasteiger partial charge >= 0.3 is 0 Å². The van der Waals surface area contributed by atoms with Gasteiger partial charge in [0.05, 0.1) is 24.6 Å². The molecule has 0 radical (unpaired) electrons. The van der Waals surface area contributed by atoms with Gasteiger partial charge < -0.3 is 20.5 Å². The summed E-state index contributed by atoms with van der Waals surface area (Å²) < 4.78 is 11.1. The Morgan fingerprint density at radius 1 is 1.57 bits per heavy atom. The van der Waals surface area contributed by atoms with Gasteiger partial charge in [0.1, 0.15) is 11.9 Å². The van der Waals surface area contributed by atoms with E-state index in [1.807, 2.05) is 0 Å². The number of hydrogen-bond donors (Lipinski definition) is 2. The second-order valence-electron chi connectivity index (χ2n) is 4.93. The van der Waals surface area contributed by atoms with Crippen LogP contribution in [0.1, 0.15) is 26.2 Å². The summed E-state index contributed by atoms with van der Waals surface area (Å²) in [5.41, 5.74) is 6.09. The summed E-state index contributed by atoms with van der Waals surface area (Å²) in [7, 11) is 0. The number of amides is 1. The molecule has 1 amide bonds. The van der Waals surface area contributed by atoms with E-state index in [2.05, 4.69) is 10.3 Å². The number of nitrogen functional groups attached to an aromatic ring is 1. The van der Waals surface area contributed by atoms with E-state index in [-0.39, 0.29) is 24.4 Å². The summed E-state index contributed by atoms with van der Waals surface area (Å²) in [5, 5.41) is 2.73. The molecule has 1 fully saturated rings. The third-order valence-electron chi connectivity index (χ3n) is 3.23. The maximum atomic E-state index is 11.9. The monoisotopic (exact) mass is 315 g/mol. The predicted octanol–water partition coefficient (Wildman–Crippen LogP) is 2.00. The largest absolute Gasteiger partial charge is 0.384 e. The molecule has 2 rings (SSSR count). The van der Waals surface area contributed by atoms with Crippen molar-refractivity contribution in [2.45, 2.75) is 38.4 Å². The number of rotatable bonds is 5. The summed E-state index contributed by atoms with van der Waals surface area (Å²) in [6.45, 7) is 2.96. The molecule has 1 aromatic heterocycles. The summed E-state index contributed by atoms with van der Waals surface area (Å²) in [5.74, 6) is 0.217. The van der Waals surface area contributed by atoms with Gasteiger partial charge in [-0.1, -0.05) is 0 Å². The van der Waals surface area contributed by atoms with E-state index in [0.29, 0.717) is 18.1 Å². The molecule has 1 saturated heterocycles. The predicted molar refractivity (Wildman–Crippen MR) is 83.5 cm³/mol. The Hall–Kier alpha value is -1.37. The molecule has 118 valence electrons. The third kappa shape index (κ3) is 5.87. The van der Waals surface area contributed by atoms with Crippen LogP contribution in [0.2, 0.25) is 0 Å². The molecule has 1 aliphatic heterocycles. The maximum absolute atomic E-state index is 11.9. The van der Waals surface area contributed by atoms with Gasteiger partial charge in [-0.25, -0.2) is 4.98 Å². The van der Waals surface area contributed by atoms with Crippen molar-refractivity contribution in [2.75, 3.05) is 24.3 Å². The Kier molecular flexibility index (Phi) is 7.42. The number of pyridine rings is 1. The molecule has 3 N–H and O–H groups in total. The fraction of sp³-hybridized carbons (Fsp3) is 0.571. The molecule has 1 aliphatic rings. The van der Waals surface area contributed by atoms with E-state index in [1.54, 1.807) is 19.1 Å². The van der Waals surface area contributed by atoms with Crippen LogP contribution in [0.4, 0.5) is 11.5 Å². The average Bonchev–Trinajstić information content (AvgIpc) is 2.48. The number of nitrogens with one attached hydrogen (secondary N) is 1. The highest BCUT2D eigenvalue weighted by Gasteiger charge is 2.18. The topological polar surface area (TPSA) is 86.5 Å². The highest BCUT2D eigenvalue weighted by Crippen LogP contribution is 2.14. The Morgan fingerprint density at radius 2 is 2.38 bits per heavy atom. The van der Waals surface area contributed by atoms with Gasteiger partial charge in [0.25, 0.3) is 5.91 Å². The highest BCUT2D eigenvalue weighted by molar-refractivity contribution is 5.93. The Morgan fingerprint density at radius 3 is 3.00 bits per heavy atom. The van der Waals surface area contributed by atoms with Crippen LogP contribution >= 0.6 is 12.4 Å². The van der Waals surface area contributed by atoms with E-state index in [0.717, 1.165) is 25.9 Å². The molecule has 2 atom stereocenters. The van der Waals surface area contributed by atoms with Crippen molar-refractivity contribution in [3.8, 4) is 0 Å². The molecule has 1 aromatic rings. The van der Waals surface area contributed by atoms with E-state index >= 15 is 0 Å². The van der Waals surface area contributed by atoms with Crippen LogP contribution < -0.4 is 11.1 Å². The standard InChI is InChI=1S/C14H21N3O3.ClH/c1-10(20-9-12-4-2-3-7-19-12)14(18)17-11-5-6-13(15)16-8-11;/h5-6,8,10,12H,2-4,7,9H2,1H3,(H2,15,16)(H,17,18);1H. The molecule has 21 heavy (non-hydrogen) atoms. The SMILES string of the molecule is CC(OCC1CCCCO1)C(=O)Nc1ccc(N)nc1.Cl. The van der Waals surface area contributed by atoms with Crippen LogP contribution in [-0.4, -0.2) is 36.3 Å². The first-order chi connectivity index (χ1) is 9.65. The van der Waals surface area contributed by atoms with Gasteiger partial charge in [-0.05, 0) is 38.3 Å². The van der Waals surface area contributed by atoms with Crippen molar-refractivity contribution < 1.29 is 14.3 Å². The second kappa shape index (κ2) is 8.81. The van der Waals surface area contributed by atoms with Gasteiger partial charge in [-0.2, -0.15) is 0 Å². The molecular weight excluding hydrogens is 294 g/mol. The molecule has 0 spiro atoms. The van der Waals surface area contributed by atoms with Crippen molar-refractivity contribution >= 4 is 29.8 Å². The number of carbonyl (C=O) groups excluding carboxylic acids is 1. The molecule has 0 saturated carbocycles. The van der Waals surface area contributed by atoms with Crippen molar-refractivity contribution in [3.63, 3.8) is 0 Å². The lowest BCUT2D eigenvalue weighted by molar-refractivity contribution is -0.130. The average molecular weight is 316 g/mol. The number of anilines is 2. The lowest BCUT2D eigenvalue weighted by atomic mass is 10.1. The molecule has 0 bridgehead atoms. The molecular formula is C14H22ClN3O3. The van der Waals surface area contributed by atoms with E-state index in [1.165, 1.54) is 6.20 Å². The third-order valence-corrected chi connectivity index (χ3v) is 3.23. The van der Waals surface area contributed by atoms with Gasteiger partial charge in [0.15, 0.2) is 0 Å². The van der Waals surface area contributed by atoms with Gasteiger partial charge in [-0.15, -0.1) is 12.4 Å². The number of nitrogens with two attached hydrogens (primary N) is 1. The molecule has 0 aliphatic carbocycles. The first kappa shape index (κ1) is 17.7. The van der Waals surface area contributed by atoms with Crippen molar-refractivity contribution in [3.05, 3.63) is 18.3 Å². The second-order valence-corrected chi connectivity index (χ2v) is 4.93. The molecule has 0 aromatic carbocycles. The van der Waals surface area contributed by atoms with Crippen LogP contribution in [0.5, 0.6) is 0 Å². The van der Waals surface area contributed by atoms with Crippen LogP contribution in [-0.2, 0) is 14.3 Å². The van der Waals surface area contributed by atoms with Gasteiger partial charge in [-0.3, -0.25) is 4.79 Å². The van der Waals surface area contributed by atoms with E-state index < -0.39 is 6.10 Å². The molecule has 7 heteroatoms. The number of ether oxygens (including phenoxy) is 2. The fourth-order valence-corrected chi connectivity index (χ4v) is 1.99. The first-order valence-corrected chi connectivity index (χ1v) is 6.91. The smallest absolute Gasteiger partial charge is 0.253 e. The van der Waals surface area contributed by atoms with Crippen LogP contribution in [0.25, 0.3) is 0 Å². The maximum Gasteiger partial charge on any atom is 0.253 e. The molecule has 2 heterocycles. The Labute approximate surface area is 130 Å². The normalized spacial score (nSPS) is 19.4. The summed E-state index contributed by atoms with van der Waals surface area (Å²) in [6.07, 6.45) is 4.36. The van der Waals surface area contributed by atoms with Gasteiger partial charge in [0.2, 0.25) is 0 Å². The quantitative estimate of drug-likeness (QED) is 0.868. The van der Waals surface area contributed by atoms with Crippen molar-refractivity contribution in [1.29, 1.82) is 0 Å². The van der Waals surface area contributed by atoms with Crippen LogP contribution in [0.15, 0.2) is 18.3 Å². The number of carbonyl (C=O) groups is 1. The van der Waals surface area contributed by atoms with Crippen LogP contribution in [0.3, 0.4) is 0 Å². The number of hydrogen-bond acceptors (Lipinski definition) is 5. The lowest BCUT2D eigenvalue weighted by Gasteiger charge is -2.23. The van der Waals surface area contributed by atoms with Crippen molar-refractivity contribution in [1.82, 2.24) is 4.98 Å². The minimum Gasteiger partial charge on any atom is -0.384 e. The summed E-state index contributed by atoms with van der Waals surface area (Å²) >= 11 is 0. The summed E-state index contributed by atoms with van der Waals surface area (Å²) in [4.78, 5) is 15.8. The Balaban J connectivity index is 0.00000220. The number of halogens is 1. The minimum atomic E-state index is -0.530. The first-order valence-electron chi connectivity index (χ1n) is 6.91. The summed E-state index contributed by atoms with van der Waals surface area (Å²) in [6, 6.07) is 3.34. The van der Waals surface area contributed by atoms with Gasteiger partial charge in [0, 0.05) is 6.61 Å². The lowest BCUT2D eigenvalue weighted by Crippen LogP contribution is -2.32. The molecule has 2 unspecified atom stereocenters.